The number of phenols is 3. The topological polar surface area (TPSA) is 254 Å². The third-order valence-electron chi connectivity index (χ3n) is 6.43. The molecule has 0 unspecified atom stereocenters. The monoisotopic (exact) mass is 592 g/mol. The van der Waals surface area contributed by atoms with Gasteiger partial charge in [-0.2, -0.15) is 0 Å². The quantitative estimate of drug-likeness (QED) is 0.119. The van der Waals surface area contributed by atoms with Gasteiger partial charge >= 0.3 is 11.9 Å². The molecule has 15 nitrogen and oxygen atoms in total. The number of carboxylic acid groups (broad SMARTS) is 1. The molecule has 0 aliphatic carbocycles. The fourth-order valence-electron chi connectivity index (χ4n) is 4.34. The summed E-state index contributed by atoms with van der Waals surface area (Å²) in [5.74, 6) is -4.04. The standard InChI is InChI=1S/C27H28O15/c1-27(38,8-20(32)33)9-21(34)39-10-19-23(35)24(36)25(37)26(42-19)40-12-5-15(30)22-16(31)7-17(41-18(22)6-12)11-2-3-13(28)14(29)4-11/h2-7,19,23-26,28-30,35-38H,8-10H2,1H3,(H,32,33)/t19-,23-,24+,25+,26-,27-/m1/s1. The van der Waals surface area contributed by atoms with E-state index in [1.807, 2.05) is 0 Å². The lowest BCUT2D eigenvalue weighted by Gasteiger charge is -2.40. The molecular weight excluding hydrogens is 564 g/mol. The molecule has 1 aliphatic heterocycles. The van der Waals surface area contributed by atoms with Crippen LogP contribution < -0.4 is 10.2 Å². The van der Waals surface area contributed by atoms with Gasteiger partial charge in [0.05, 0.1) is 18.4 Å². The molecular formula is C27H28O15. The van der Waals surface area contributed by atoms with Crippen LogP contribution in [0.1, 0.15) is 19.8 Å². The first kappa shape index (κ1) is 30.5. The van der Waals surface area contributed by atoms with Crippen molar-refractivity contribution >= 4 is 22.9 Å². The molecule has 6 atom stereocenters. The van der Waals surface area contributed by atoms with Gasteiger partial charge in [0.15, 0.2) is 16.9 Å². The van der Waals surface area contributed by atoms with Crippen molar-refractivity contribution in [3.05, 3.63) is 46.6 Å². The Morgan fingerprint density at radius 3 is 2.31 bits per heavy atom. The zero-order chi connectivity index (χ0) is 30.9. The second kappa shape index (κ2) is 11.8. The van der Waals surface area contributed by atoms with E-state index in [1.54, 1.807) is 0 Å². The van der Waals surface area contributed by atoms with E-state index in [2.05, 4.69) is 0 Å². The number of phenolic OH excluding ortho intramolecular Hbond substituents is 3. The highest BCUT2D eigenvalue weighted by molar-refractivity contribution is 5.86. The largest absolute Gasteiger partial charge is 0.507 e. The number of ether oxygens (including phenoxy) is 3. The summed E-state index contributed by atoms with van der Waals surface area (Å²) in [6.45, 7) is 0.449. The minimum absolute atomic E-state index is 0.0314. The Balaban J connectivity index is 1.53. The molecule has 226 valence electrons. The number of esters is 1. The molecule has 0 saturated carbocycles. The summed E-state index contributed by atoms with van der Waals surface area (Å²) in [4.78, 5) is 35.6. The normalized spacial score (nSPS) is 23.7. The molecule has 4 rings (SSSR count). The molecule has 8 N–H and O–H groups in total. The van der Waals surface area contributed by atoms with E-state index >= 15 is 0 Å². The average molecular weight is 593 g/mol. The van der Waals surface area contributed by atoms with Crippen LogP contribution in [0.4, 0.5) is 0 Å². The summed E-state index contributed by atoms with van der Waals surface area (Å²) in [6, 6.07) is 6.95. The summed E-state index contributed by atoms with van der Waals surface area (Å²) in [5.41, 5.74) is -2.52. The molecule has 1 fully saturated rings. The van der Waals surface area contributed by atoms with Crippen molar-refractivity contribution in [3.63, 3.8) is 0 Å². The van der Waals surface area contributed by atoms with Crippen molar-refractivity contribution in [1.82, 2.24) is 0 Å². The number of aliphatic hydroxyl groups is 4. The summed E-state index contributed by atoms with van der Waals surface area (Å²) < 4.78 is 21.7. The first-order chi connectivity index (χ1) is 19.6. The molecule has 42 heavy (non-hydrogen) atoms. The maximum absolute atomic E-state index is 12.7. The van der Waals surface area contributed by atoms with Gasteiger partial charge < -0.3 is 59.5 Å². The Kier molecular flexibility index (Phi) is 8.60. The SMILES string of the molecule is C[C@@](O)(CC(=O)O)CC(=O)OC[C@H]1O[C@@H](Oc2cc(O)c3c(=O)cc(-c4ccc(O)c(O)c4)oc3c2)[C@@H](O)[C@@H](O)[C@@H]1O. The van der Waals surface area contributed by atoms with E-state index in [0.717, 1.165) is 25.1 Å². The Labute approximate surface area is 236 Å². The fourth-order valence-corrected chi connectivity index (χ4v) is 4.34. The Morgan fingerprint density at radius 1 is 0.929 bits per heavy atom. The number of aliphatic carboxylic acids is 1. The average Bonchev–Trinajstić information content (AvgIpc) is 2.88. The van der Waals surface area contributed by atoms with E-state index in [9.17, 15) is 50.1 Å². The lowest BCUT2D eigenvalue weighted by molar-refractivity contribution is -0.278. The lowest BCUT2D eigenvalue weighted by Crippen LogP contribution is -2.60. The van der Waals surface area contributed by atoms with Gasteiger partial charge in [-0.1, -0.05) is 0 Å². The van der Waals surface area contributed by atoms with Crippen molar-refractivity contribution in [2.75, 3.05) is 6.61 Å². The van der Waals surface area contributed by atoms with Crippen LogP contribution in [0.25, 0.3) is 22.3 Å². The van der Waals surface area contributed by atoms with E-state index in [4.69, 9.17) is 23.7 Å². The van der Waals surface area contributed by atoms with E-state index in [1.165, 1.54) is 18.2 Å². The molecule has 0 amide bonds. The first-order valence-electron chi connectivity index (χ1n) is 12.4. The maximum atomic E-state index is 12.7. The first-order valence-corrected chi connectivity index (χ1v) is 12.4. The van der Waals surface area contributed by atoms with Gasteiger partial charge in [0, 0.05) is 23.8 Å². The van der Waals surface area contributed by atoms with Gasteiger partial charge in [-0.15, -0.1) is 0 Å². The van der Waals surface area contributed by atoms with E-state index in [0.29, 0.717) is 0 Å². The molecule has 1 aromatic heterocycles. The Hall–Kier alpha value is -4.41. The third-order valence-corrected chi connectivity index (χ3v) is 6.43. The molecule has 1 aliphatic rings. The molecule has 0 radical (unpaired) electrons. The molecule has 0 bridgehead atoms. The van der Waals surface area contributed by atoms with Gasteiger partial charge in [0.25, 0.3) is 0 Å². The second-order valence-electron chi connectivity index (χ2n) is 10.1. The zero-order valence-electron chi connectivity index (χ0n) is 21.9. The number of aliphatic hydroxyl groups excluding tert-OH is 3. The number of rotatable bonds is 9. The Bertz CT molecular complexity index is 1540. The molecule has 2 heterocycles. The van der Waals surface area contributed by atoms with Gasteiger partial charge in [-0.25, -0.2) is 0 Å². The number of carbonyl (C=O) groups excluding carboxylic acids is 1. The predicted octanol–water partition coefficient (Wildman–Crippen LogP) is -0.0778. The highest BCUT2D eigenvalue weighted by atomic mass is 16.7. The van der Waals surface area contributed by atoms with Crippen molar-refractivity contribution in [2.45, 2.75) is 56.1 Å². The number of carboxylic acids is 1. The number of hydrogen-bond acceptors (Lipinski definition) is 14. The zero-order valence-corrected chi connectivity index (χ0v) is 21.9. The van der Waals surface area contributed by atoms with Crippen LogP contribution in [-0.2, 0) is 19.1 Å². The number of benzene rings is 2. The lowest BCUT2D eigenvalue weighted by atomic mass is 9.98. The third kappa shape index (κ3) is 6.72. The van der Waals surface area contributed by atoms with Crippen LogP contribution in [-0.4, -0.2) is 95.7 Å². The van der Waals surface area contributed by atoms with Gasteiger partial charge in [-0.3, -0.25) is 14.4 Å². The highest BCUT2D eigenvalue weighted by Crippen LogP contribution is 2.35. The van der Waals surface area contributed by atoms with Crippen LogP contribution in [0.15, 0.2) is 45.6 Å². The van der Waals surface area contributed by atoms with Gasteiger partial charge in [0.2, 0.25) is 6.29 Å². The van der Waals surface area contributed by atoms with Crippen LogP contribution in [0.2, 0.25) is 0 Å². The number of aromatic hydroxyl groups is 3. The molecule has 15 heteroatoms. The number of fused-ring (bicyclic) bond motifs is 1. The minimum atomic E-state index is -1.91. The van der Waals surface area contributed by atoms with Crippen LogP contribution >= 0.6 is 0 Å². The maximum Gasteiger partial charge on any atom is 0.308 e. The van der Waals surface area contributed by atoms with E-state index < -0.39 is 90.4 Å². The summed E-state index contributed by atoms with van der Waals surface area (Å²) >= 11 is 0. The van der Waals surface area contributed by atoms with Crippen LogP contribution in [0, 0.1) is 0 Å². The highest BCUT2D eigenvalue weighted by Gasteiger charge is 2.45. The van der Waals surface area contributed by atoms with E-state index in [-0.39, 0.29) is 28.0 Å². The summed E-state index contributed by atoms with van der Waals surface area (Å²) in [5, 5.41) is 79.5. The molecule has 1 saturated heterocycles. The second-order valence-corrected chi connectivity index (χ2v) is 10.1. The van der Waals surface area contributed by atoms with Crippen molar-refractivity contribution in [1.29, 1.82) is 0 Å². The van der Waals surface area contributed by atoms with Crippen LogP contribution in [0.5, 0.6) is 23.0 Å². The predicted molar refractivity (Wildman–Crippen MR) is 139 cm³/mol. The number of carbonyl (C=O) groups is 2. The molecule has 3 aromatic rings. The van der Waals surface area contributed by atoms with Crippen molar-refractivity contribution < 1.29 is 69.1 Å². The van der Waals surface area contributed by atoms with Crippen molar-refractivity contribution in [3.8, 4) is 34.3 Å². The van der Waals surface area contributed by atoms with Gasteiger partial charge in [-0.05, 0) is 25.1 Å². The summed E-state index contributed by atoms with van der Waals surface area (Å²) in [6.07, 6.45) is -9.99. The fraction of sp³-hybridized carbons (Fsp3) is 0.370. The van der Waals surface area contributed by atoms with Crippen LogP contribution in [0.3, 0.4) is 0 Å². The summed E-state index contributed by atoms with van der Waals surface area (Å²) in [7, 11) is 0. The minimum Gasteiger partial charge on any atom is -0.507 e. The van der Waals surface area contributed by atoms with Gasteiger partial charge in [0.1, 0.15) is 59.3 Å². The molecule has 0 spiro atoms. The molecule has 2 aromatic carbocycles. The van der Waals surface area contributed by atoms with Crippen molar-refractivity contribution in [2.24, 2.45) is 0 Å². The Morgan fingerprint density at radius 2 is 1.64 bits per heavy atom. The smallest absolute Gasteiger partial charge is 0.308 e. The number of hydrogen-bond donors (Lipinski definition) is 8.